The minimum absolute atomic E-state index is 0.393. The molecule has 23 heavy (non-hydrogen) atoms. The summed E-state index contributed by atoms with van der Waals surface area (Å²) in [5.74, 6) is 0.591. The number of ether oxygens (including phenoxy) is 2. The highest BCUT2D eigenvalue weighted by Crippen LogP contribution is 2.29. The molecule has 0 aliphatic carbocycles. The zero-order chi connectivity index (χ0) is 16.1. The zero-order valence-corrected chi connectivity index (χ0v) is 14.0. The lowest BCUT2D eigenvalue weighted by molar-refractivity contribution is 0.00358. The molecule has 2 heterocycles. The number of carbonyl (C=O) groups excluding carboxylic acids is 1. The van der Waals surface area contributed by atoms with E-state index in [-0.39, 0.29) is 0 Å². The number of nitrogens with zero attached hydrogens (tertiary/aromatic N) is 2. The van der Waals surface area contributed by atoms with E-state index in [4.69, 9.17) is 21.1 Å². The van der Waals surface area contributed by atoms with Crippen molar-refractivity contribution in [3.05, 3.63) is 35.9 Å². The summed E-state index contributed by atoms with van der Waals surface area (Å²) in [6.45, 7) is 6.58. The van der Waals surface area contributed by atoms with Crippen LogP contribution >= 0.6 is 11.6 Å². The molecule has 0 saturated carbocycles. The van der Waals surface area contributed by atoms with E-state index in [2.05, 4.69) is 9.80 Å². The molecule has 0 spiro atoms. The summed E-state index contributed by atoms with van der Waals surface area (Å²) in [7, 11) is 0. The lowest BCUT2D eigenvalue weighted by Crippen LogP contribution is -2.40. The quantitative estimate of drug-likeness (QED) is 0.772. The predicted molar refractivity (Wildman–Crippen MR) is 88.5 cm³/mol. The van der Waals surface area contributed by atoms with Crippen molar-refractivity contribution in [1.82, 2.24) is 9.80 Å². The summed E-state index contributed by atoms with van der Waals surface area (Å²) < 4.78 is 10.8. The molecule has 1 aromatic carbocycles. The van der Waals surface area contributed by atoms with Crippen molar-refractivity contribution in [2.75, 3.05) is 45.9 Å². The second-order valence-corrected chi connectivity index (χ2v) is 6.49. The molecule has 2 aliphatic rings. The molecule has 0 N–H and O–H groups in total. The van der Waals surface area contributed by atoms with Gasteiger partial charge in [0.2, 0.25) is 0 Å². The molecule has 6 heteroatoms. The number of halogens is 1. The second-order valence-electron chi connectivity index (χ2n) is 6.18. The number of hydrogen-bond donors (Lipinski definition) is 0. The number of rotatable bonds is 5. The van der Waals surface area contributed by atoms with E-state index in [0.29, 0.717) is 5.92 Å². The van der Waals surface area contributed by atoms with Crippen molar-refractivity contribution in [2.24, 2.45) is 5.92 Å². The van der Waals surface area contributed by atoms with Gasteiger partial charge in [0.25, 0.3) is 0 Å². The fourth-order valence-corrected chi connectivity index (χ4v) is 3.52. The van der Waals surface area contributed by atoms with E-state index >= 15 is 0 Å². The average molecular weight is 339 g/mol. The molecule has 2 unspecified atom stereocenters. The van der Waals surface area contributed by atoms with Crippen LogP contribution in [0.25, 0.3) is 0 Å². The molecular weight excluding hydrogens is 316 g/mol. The van der Waals surface area contributed by atoms with E-state index in [9.17, 15) is 4.79 Å². The fraction of sp³-hybridized carbons (Fsp3) is 0.588. The third-order valence-corrected chi connectivity index (χ3v) is 4.65. The number of hydrogen-bond acceptors (Lipinski definition) is 5. The van der Waals surface area contributed by atoms with E-state index in [1.165, 1.54) is 0 Å². The van der Waals surface area contributed by atoms with Crippen LogP contribution in [0.3, 0.4) is 0 Å². The van der Waals surface area contributed by atoms with E-state index < -0.39 is 11.7 Å². The normalized spacial score (nSPS) is 24.5. The third-order valence-electron chi connectivity index (χ3n) is 4.56. The van der Waals surface area contributed by atoms with Crippen molar-refractivity contribution in [3.8, 4) is 0 Å². The first kappa shape index (κ1) is 16.7. The van der Waals surface area contributed by atoms with Gasteiger partial charge in [0, 0.05) is 49.9 Å². The van der Waals surface area contributed by atoms with E-state index in [0.717, 1.165) is 57.9 Å². The van der Waals surface area contributed by atoms with E-state index in [1.807, 2.05) is 30.3 Å². The summed E-state index contributed by atoms with van der Waals surface area (Å²) in [5, 5.41) is 0. The molecule has 0 amide bonds. The zero-order valence-electron chi connectivity index (χ0n) is 13.2. The van der Waals surface area contributed by atoms with Gasteiger partial charge in [0.1, 0.15) is 0 Å². The Bertz CT molecular complexity index is 508. The van der Waals surface area contributed by atoms with Gasteiger partial charge in [-0.25, -0.2) is 4.79 Å². The average Bonchev–Trinajstić information content (AvgIpc) is 3.02. The number of likely N-dealkylation sites (tertiary alicyclic amines) is 1. The molecule has 0 radical (unpaired) electrons. The van der Waals surface area contributed by atoms with Gasteiger partial charge < -0.3 is 9.47 Å². The summed E-state index contributed by atoms with van der Waals surface area (Å²) in [6, 6.07) is 9.80. The van der Waals surface area contributed by atoms with Crippen LogP contribution < -0.4 is 0 Å². The molecule has 3 rings (SSSR count). The first-order chi connectivity index (χ1) is 11.2. The standard InChI is InChI=1S/C17H23ClN2O3/c18-17(21)23-16(15-4-2-1-3-5-15)20-7-6-14(13-20)12-19-8-10-22-11-9-19/h1-5,14,16H,6-13H2. The van der Waals surface area contributed by atoms with Crippen molar-refractivity contribution in [1.29, 1.82) is 0 Å². The largest absolute Gasteiger partial charge is 0.430 e. The Morgan fingerprint density at radius 3 is 2.70 bits per heavy atom. The van der Waals surface area contributed by atoms with Crippen molar-refractivity contribution >= 4 is 17.0 Å². The van der Waals surface area contributed by atoms with Gasteiger partial charge >= 0.3 is 5.43 Å². The van der Waals surface area contributed by atoms with Crippen LogP contribution in [0.1, 0.15) is 18.2 Å². The number of benzene rings is 1. The van der Waals surface area contributed by atoms with Crippen LogP contribution in [0.4, 0.5) is 4.79 Å². The van der Waals surface area contributed by atoms with Crippen molar-refractivity contribution in [2.45, 2.75) is 12.6 Å². The number of carbonyl (C=O) groups is 1. The summed E-state index contributed by atoms with van der Waals surface area (Å²) in [6.07, 6.45) is 0.719. The highest BCUT2D eigenvalue weighted by atomic mass is 35.5. The van der Waals surface area contributed by atoms with E-state index in [1.54, 1.807) is 0 Å². The Labute approximate surface area is 142 Å². The molecule has 0 aromatic heterocycles. The predicted octanol–water partition coefficient (Wildman–Crippen LogP) is 2.71. The van der Waals surface area contributed by atoms with Gasteiger partial charge in [-0.05, 0) is 12.3 Å². The third kappa shape index (κ3) is 4.67. The topological polar surface area (TPSA) is 42.0 Å². The monoisotopic (exact) mass is 338 g/mol. The SMILES string of the molecule is O=C(Cl)OC(c1ccccc1)N1CCC(CN2CCOCC2)C1. The second kappa shape index (κ2) is 8.11. The summed E-state index contributed by atoms with van der Waals surface area (Å²) >= 11 is 5.48. The van der Waals surface area contributed by atoms with Gasteiger partial charge in [-0.3, -0.25) is 9.80 Å². The first-order valence-corrected chi connectivity index (χ1v) is 8.55. The lowest BCUT2D eigenvalue weighted by Gasteiger charge is -2.30. The van der Waals surface area contributed by atoms with Gasteiger partial charge in [0.05, 0.1) is 13.2 Å². The van der Waals surface area contributed by atoms with Crippen LogP contribution in [0.15, 0.2) is 30.3 Å². The molecule has 0 bridgehead atoms. The molecule has 5 nitrogen and oxygen atoms in total. The van der Waals surface area contributed by atoms with Crippen molar-refractivity contribution in [3.63, 3.8) is 0 Å². The van der Waals surface area contributed by atoms with Crippen molar-refractivity contribution < 1.29 is 14.3 Å². The van der Waals surface area contributed by atoms with Gasteiger partial charge in [-0.15, -0.1) is 0 Å². The maximum atomic E-state index is 11.3. The summed E-state index contributed by atoms with van der Waals surface area (Å²) in [5.41, 5.74) is 0.212. The summed E-state index contributed by atoms with van der Waals surface area (Å²) in [4.78, 5) is 15.9. The Morgan fingerprint density at radius 2 is 2.00 bits per heavy atom. The van der Waals surface area contributed by atoms with Crippen LogP contribution in [-0.4, -0.2) is 61.2 Å². The Kier molecular flexibility index (Phi) is 5.89. The minimum Gasteiger partial charge on any atom is -0.430 e. The van der Waals surface area contributed by atoms with Gasteiger partial charge in [-0.2, -0.15) is 0 Å². The Hall–Kier alpha value is -1.14. The smallest absolute Gasteiger partial charge is 0.405 e. The highest BCUT2D eigenvalue weighted by molar-refractivity contribution is 6.61. The molecule has 2 atom stereocenters. The highest BCUT2D eigenvalue weighted by Gasteiger charge is 2.32. The van der Waals surface area contributed by atoms with Gasteiger partial charge in [-0.1, -0.05) is 30.3 Å². The van der Waals surface area contributed by atoms with Gasteiger partial charge in [0.15, 0.2) is 6.23 Å². The molecule has 1 aromatic rings. The van der Waals surface area contributed by atoms with Crippen LogP contribution in [0.5, 0.6) is 0 Å². The molecule has 126 valence electrons. The Morgan fingerprint density at radius 1 is 1.26 bits per heavy atom. The fourth-order valence-electron chi connectivity index (χ4n) is 3.43. The first-order valence-electron chi connectivity index (χ1n) is 8.17. The lowest BCUT2D eigenvalue weighted by atomic mass is 10.1. The molecule has 2 fully saturated rings. The minimum atomic E-state index is -0.754. The maximum Gasteiger partial charge on any atom is 0.405 e. The molecule has 2 saturated heterocycles. The Balaban J connectivity index is 1.61. The van der Waals surface area contributed by atoms with Crippen LogP contribution in [0.2, 0.25) is 0 Å². The molecule has 2 aliphatic heterocycles. The number of morpholine rings is 1. The maximum absolute atomic E-state index is 11.3. The van der Waals surface area contributed by atoms with Crippen LogP contribution in [-0.2, 0) is 9.47 Å². The molecular formula is C17H23ClN2O3. The van der Waals surface area contributed by atoms with Crippen LogP contribution in [0, 0.1) is 5.92 Å².